The summed E-state index contributed by atoms with van der Waals surface area (Å²) >= 11 is 0. The highest BCUT2D eigenvalue weighted by atomic mass is 16.5. The summed E-state index contributed by atoms with van der Waals surface area (Å²) in [6.07, 6.45) is 4.60. The molecule has 1 aliphatic rings. The van der Waals surface area contributed by atoms with Crippen LogP contribution in [0.1, 0.15) is 37.5 Å². The van der Waals surface area contributed by atoms with Crippen LogP contribution >= 0.6 is 0 Å². The molecule has 21 heavy (non-hydrogen) atoms. The van der Waals surface area contributed by atoms with Gasteiger partial charge in [-0.2, -0.15) is 0 Å². The second-order valence-corrected chi connectivity index (χ2v) is 5.96. The van der Waals surface area contributed by atoms with E-state index in [9.17, 15) is 0 Å². The molecule has 1 aromatic heterocycles. The fourth-order valence-corrected chi connectivity index (χ4v) is 3.03. The number of unbranched alkanes of at least 4 members (excludes halogenated alkanes) is 1. The van der Waals surface area contributed by atoms with Crippen LogP contribution in [0, 0.1) is 5.92 Å². The summed E-state index contributed by atoms with van der Waals surface area (Å²) in [4.78, 5) is 0. The van der Waals surface area contributed by atoms with Crippen molar-refractivity contribution in [1.29, 1.82) is 0 Å². The third-order valence-electron chi connectivity index (χ3n) is 4.30. The Bertz CT molecular complexity index is 570. The van der Waals surface area contributed by atoms with Crippen molar-refractivity contribution in [3.63, 3.8) is 0 Å². The number of furan rings is 1. The largest absolute Gasteiger partial charge is 0.461 e. The normalized spacial score (nSPS) is 18.6. The maximum atomic E-state index is 6.06. The summed E-state index contributed by atoms with van der Waals surface area (Å²) in [7, 11) is 0. The van der Waals surface area contributed by atoms with Gasteiger partial charge < -0.3 is 14.5 Å². The summed E-state index contributed by atoms with van der Waals surface area (Å²) in [6, 6.07) is 8.38. The summed E-state index contributed by atoms with van der Waals surface area (Å²) in [6.45, 7) is 5.98. The van der Waals surface area contributed by atoms with Crippen LogP contribution in [0.5, 0.6) is 0 Å². The van der Waals surface area contributed by atoms with Crippen LogP contribution in [-0.2, 0) is 17.7 Å². The van der Waals surface area contributed by atoms with E-state index < -0.39 is 0 Å². The van der Waals surface area contributed by atoms with Crippen LogP contribution in [0.2, 0.25) is 0 Å². The fourth-order valence-electron chi connectivity index (χ4n) is 3.03. The Hall–Kier alpha value is -1.32. The Balaban J connectivity index is 1.71. The van der Waals surface area contributed by atoms with Crippen molar-refractivity contribution in [2.45, 2.75) is 39.2 Å². The molecule has 114 valence electrons. The molecule has 2 aromatic rings. The summed E-state index contributed by atoms with van der Waals surface area (Å²) < 4.78 is 11.5. The molecule has 3 nitrogen and oxygen atoms in total. The Labute approximate surface area is 126 Å². The first-order chi connectivity index (χ1) is 10.4. The average Bonchev–Trinajstić information content (AvgIpc) is 3.13. The van der Waals surface area contributed by atoms with E-state index in [0.29, 0.717) is 5.92 Å². The number of fused-ring (bicyclic) bond motifs is 1. The van der Waals surface area contributed by atoms with E-state index in [-0.39, 0.29) is 0 Å². The average molecular weight is 287 g/mol. The van der Waals surface area contributed by atoms with Crippen LogP contribution < -0.4 is 5.32 Å². The van der Waals surface area contributed by atoms with E-state index in [1.54, 1.807) is 0 Å². The van der Waals surface area contributed by atoms with Crippen molar-refractivity contribution >= 4 is 11.0 Å². The van der Waals surface area contributed by atoms with Gasteiger partial charge in [0.25, 0.3) is 0 Å². The molecular weight excluding hydrogens is 262 g/mol. The molecule has 2 heterocycles. The maximum Gasteiger partial charge on any atom is 0.134 e. The molecule has 0 aliphatic carbocycles. The minimum atomic E-state index is 0.669. The van der Waals surface area contributed by atoms with Crippen molar-refractivity contribution in [2.75, 3.05) is 19.8 Å². The number of rotatable bonds is 7. The molecule has 0 spiro atoms. The Kier molecular flexibility index (Phi) is 4.94. The number of hydrogen-bond donors (Lipinski definition) is 1. The van der Waals surface area contributed by atoms with Crippen molar-refractivity contribution < 1.29 is 9.15 Å². The number of aryl methyl sites for hydroxylation is 1. The van der Waals surface area contributed by atoms with E-state index >= 15 is 0 Å². The van der Waals surface area contributed by atoms with Crippen LogP contribution in [0.4, 0.5) is 0 Å². The quantitative estimate of drug-likeness (QED) is 0.838. The van der Waals surface area contributed by atoms with Gasteiger partial charge in [0.2, 0.25) is 0 Å². The van der Waals surface area contributed by atoms with Gasteiger partial charge in [-0.1, -0.05) is 31.5 Å². The molecule has 1 saturated heterocycles. The van der Waals surface area contributed by atoms with Gasteiger partial charge >= 0.3 is 0 Å². The molecular formula is C18H25NO2. The smallest absolute Gasteiger partial charge is 0.134 e. The van der Waals surface area contributed by atoms with Gasteiger partial charge in [-0.05, 0) is 24.8 Å². The number of para-hydroxylation sites is 1. The second kappa shape index (κ2) is 7.10. The minimum absolute atomic E-state index is 0.669. The first-order valence-electron chi connectivity index (χ1n) is 8.16. The molecule has 1 fully saturated rings. The molecule has 0 amide bonds. The topological polar surface area (TPSA) is 34.4 Å². The number of ether oxygens (including phenoxy) is 1. The number of benzene rings is 1. The molecule has 1 N–H and O–H groups in total. The van der Waals surface area contributed by atoms with Crippen molar-refractivity contribution in [1.82, 2.24) is 5.32 Å². The molecule has 0 bridgehead atoms. The predicted molar refractivity (Wildman–Crippen MR) is 85.5 cm³/mol. The van der Waals surface area contributed by atoms with Gasteiger partial charge in [0, 0.05) is 37.1 Å². The highest BCUT2D eigenvalue weighted by Crippen LogP contribution is 2.27. The van der Waals surface area contributed by atoms with E-state index in [1.165, 1.54) is 30.2 Å². The Morgan fingerprint density at radius 2 is 2.19 bits per heavy atom. The van der Waals surface area contributed by atoms with Crippen molar-refractivity contribution in [3.8, 4) is 0 Å². The van der Waals surface area contributed by atoms with Crippen LogP contribution in [-0.4, -0.2) is 19.8 Å². The third kappa shape index (κ3) is 3.47. The predicted octanol–water partition coefficient (Wildman–Crippen LogP) is 3.90. The minimum Gasteiger partial charge on any atom is -0.461 e. The third-order valence-corrected chi connectivity index (χ3v) is 4.30. The second-order valence-electron chi connectivity index (χ2n) is 5.96. The summed E-state index contributed by atoms with van der Waals surface area (Å²) in [5, 5.41) is 4.86. The molecule has 0 radical (unpaired) electrons. The van der Waals surface area contributed by atoms with E-state index in [2.05, 4.69) is 30.4 Å². The summed E-state index contributed by atoms with van der Waals surface area (Å²) in [5.41, 5.74) is 2.36. The zero-order chi connectivity index (χ0) is 14.5. The molecule has 1 aromatic carbocycles. The number of nitrogens with one attached hydrogen (secondary N) is 1. The van der Waals surface area contributed by atoms with E-state index in [0.717, 1.165) is 44.1 Å². The Morgan fingerprint density at radius 3 is 3.00 bits per heavy atom. The maximum absolute atomic E-state index is 6.06. The molecule has 0 saturated carbocycles. The highest BCUT2D eigenvalue weighted by molar-refractivity contribution is 5.82. The van der Waals surface area contributed by atoms with Gasteiger partial charge in [-0.3, -0.25) is 0 Å². The van der Waals surface area contributed by atoms with E-state index in [4.69, 9.17) is 9.15 Å². The first-order valence-corrected chi connectivity index (χ1v) is 8.16. The van der Waals surface area contributed by atoms with Gasteiger partial charge in [-0.25, -0.2) is 0 Å². The molecule has 1 unspecified atom stereocenters. The van der Waals surface area contributed by atoms with Crippen LogP contribution in [0.15, 0.2) is 28.7 Å². The van der Waals surface area contributed by atoms with Gasteiger partial charge in [0.05, 0.1) is 6.61 Å². The lowest BCUT2D eigenvalue weighted by Gasteiger charge is -2.09. The number of hydrogen-bond acceptors (Lipinski definition) is 3. The monoisotopic (exact) mass is 287 g/mol. The Morgan fingerprint density at radius 1 is 1.29 bits per heavy atom. The first kappa shape index (κ1) is 14.6. The SMILES string of the molecule is CCCCc1oc2ccccc2c1CNCC1CCOC1. The molecule has 1 atom stereocenters. The lowest BCUT2D eigenvalue weighted by Crippen LogP contribution is -2.22. The molecule has 1 aliphatic heterocycles. The van der Waals surface area contributed by atoms with Crippen molar-refractivity contribution in [3.05, 3.63) is 35.6 Å². The van der Waals surface area contributed by atoms with Crippen LogP contribution in [0.25, 0.3) is 11.0 Å². The highest BCUT2D eigenvalue weighted by Gasteiger charge is 2.17. The fraction of sp³-hybridized carbons (Fsp3) is 0.556. The summed E-state index contributed by atoms with van der Waals surface area (Å²) in [5.74, 6) is 1.83. The van der Waals surface area contributed by atoms with Gasteiger partial charge in [-0.15, -0.1) is 0 Å². The van der Waals surface area contributed by atoms with Crippen LogP contribution in [0.3, 0.4) is 0 Å². The van der Waals surface area contributed by atoms with E-state index in [1.807, 2.05) is 6.07 Å². The zero-order valence-corrected chi connectivity index (χ0v) is 12.9. The molecule has 3 heteroatoms. The lowest BCUT2D eigenvalue weighted by molar-refractivity contribution is 0.185. The van der Waals surface area contributed by atoms with Crippen molar-refractivity contribution in [2.24, 2.45) is 5.92 Å². The molecule has 3 rings (SSSR count). The standard InChI is InChI=1S/C18H25NO2/c1-2-3-7-18-16(12-19-11-14-9-10-20-13-14)15-6-4-5-8-17(15)21-18/h4-6,8,14,19H,2-3,7,9-13H2,1H3. The lowest BCUT2D eigenvalue weighted by atomic mass is 10.1. The van der Waals surface area contributed by atoms with Gasteiger partial charge in [0.1, 0.15) is 11.3 Å². The zero-order valence-electron chi connectivity index (χ0n) is 12.9. The van der Waals surface area contributed by atoms with Gasteiger partial charge in [0.15, 0.2) is 0 Å².